The van der Waals surface area contributed by atoms with Crippen LogP contribution in [0.1, 0.15) is 76.7 Å². The Labute approximate surface area is 159 Å². The standard InChI is InChI=1S/C22H38N2O2/c1-19(2)20-11-13-21(23-15-7-3-5-9-17-25)22(14-12-20)24-16-8-4-6-10-18-26/h11-14,19,25-26H,3-10,15-18H2,1-2H3,(H,23,24). The van der Waals surface area contributed by atoms with E-state index in [9.17, 15) is 0 Å². The van der Waals surface area contributed by atoms with E-state index in [2.05, 4.69) is 43.4 Å². The highest BCUT2D eigenvalue weighted by atomic mass is 16.3. The molecule has 0 saturated heterocycles. The first-order chi connectivity index (χ1) is 12.7. The zero-order valence-electron chi connectivity index (χ0n) is 16.7. The summed E-state index contributed by atoms with van der Waals surface area (Å²) in [5.74, 6) is 0.500. The summed E-state index contributed by atoms with van der Waals surface area (Å²) in [6, 6.07) is 8.67. The average Bonchev–Trinajstić information content (AvgIpc) is 2.83. The quantitative estimate of drug-likeness (QED) is 0.434. The number of aliphatic hydroxyl groups is 2. The Bertz CT molecular complexity index is 544. The third-order valence-electron chi connectivity index (χ3n) is 4.57. The van der Waals surface area contributed by atoms with Gasteiger partial charge in [0, 0.05) is 26.3 Å². The van der Waals surface area contributed by atoms with Crippen LogP contribution in [0.25, 0.3) is 0 Å². The van der Waals surface area contributed by atoms with Crippen molar-refractivity contribution in [2.24, 2.45) is 4.99 Å². The number of anilines is 1. The molecular weight excluding hydrogens is 324 g/mol. The van der Waals surface area contributed by atoms with Gasteiger partial charge in [0.2, 0.25) is 0 Å². The van der Waals surface area contributed by atoms with Crippen molar-refractivity contribution >= 4 is 5.69 Å². The van der Waals surface area contributed by atoms with Crippen LogP contribution in [0.5, 0.6) is 0 Å². The van der Waals surface area contributed by atoms with E-state index < -0.39 is 0 Å². The average molecular weight is 363 g/mol. The van der Waals surface area contributed by atoms with Crippen molar-refractivity contribution in [3.05, 3.63) is 35.2 Å². The summed E-state index contributed by atoms with van der Waals surface area (Å²) in [6.45, 7) is 6.77. The van der Waals surface area contributed by atoms with Gasteiger partial charge in [0.15, 0.2) is 0 Å². The minimum Gasteiger partial charge on any atom is -0.396 e. The van der Waals surface area contributed by atoms with Gasteiger partial charge in [0.05, 0.1) is 11.0 Å². The summed E-state index contributed by atoms with van der Waals surface area (Å²) in [7, 11) is 0. The van der Waals surface area contributed by atoms with Gasteiger partial charge in [-0.05, 0) is 49.3 Å². The normalized spacial score (nSPS) is 12.0. The molecule has 0 aliphatic carbocycles. The Morgan fingerprint density at radius 3 is 2.08 bits per heavy atom. The summed E-state index contributed by atoms with van der Waals surface area (Å²) in [5, 5.41) is 22.3. The maximum absolute atomic E-state index is 8.85. The predicted octanol–water partition coefficient (Wildman–Crippen LogP) is 4.23. The maximum Gasteiger partial charge on any atom is 0.0805 e. The smallest absolute Gasteiger partial charge is 0.0805 e. The van der Waals surface area contributed by atoms with E-state index in [0.717, 1.165) is 75.5 Å². The van der Waals surface area contributed by atoms with E-state index in [0.29, 0.717) is 12.5 Å². The lowest BCUT2D eigenvalue weighted by molar-refractivity contribution is 0.282. The molecule has 0 aliphatic heterocycles. The molecule has 0 heterocycles. The highest BCUT2D eigenvalue weighted by molar-refractivity contribution is 5.43. The molecule has 26 heavy (non-hydrogen) atoms. The summed E-state index contributed by atoms with van der Waals surface area (Å²) in [4.78, 5) is 4.81. The molecule has 4 nitrogen and oxygen atoms in total. The van der Waals surface area contributed by atoms with Gasteiger partial charge in [-0.3, -0.25) is 4.99 Å². The SMILES string of the molecule is CC(C)c1ccc(NCCCCCCO)c(=NCCCCCCO)cc1. The van der Waals surface area contributed by atoms with E-state index in [1.54, 1.807) is 0 Å². The fraction of sp³-hybridized carbons (Fsp3) is 0.682. The molecule has 0 unspecified atom stereocenters. The van der Waals surface area contributed by atoms with E-state index in [1.165, 1.54) is 5.56 Å². The van der Waals surface area contributed by atoms with E-state index in [4.69, 9.17) is 15.2 Å². The second kappa shape index (κ2) is 14.7. The Balaban J connectivity index is 2.69. The fourth-order valence-corrected chi connectivity index (χ4v) is 2.85. The van der Waals surface area contributed by atoms with Crippen molar-refractivity contribution < 1.29 is 10.2 Å². The molecule has 0 atom stereocenters. The lowest BCUT2D eigenvalue weighted by Crippen LogP contribution is -2.12. The minimum atomic E-state index is 0.288. The van der Waals surface area contributed by atoms with Crippen molar-refractivity contribution in [3.63, 3.8) is 0 Å². The molecule has 0 saturated carbocycles. The fourth-order valence-electron chi connectivity index (χ4n) is 2.85. The summed E-state index contributed by atoms with van der Waals surface area (Å²) in [5.41, 5.74) is 2.43. The van der Waals surface area contributed by atoms with E-state index in [1.807, 2.05) is 0 Å². The topological polar surface area (TPSA) is 64.8 Å². The number of hydrogen-bond donors (Lipinski definition) is 3. The first kappa shape index (κ1) is 22.7. The molecular formula is C22H38N2O2. The molecule has 3 N–H and O–H groups in total. The monoisotopic (exact) mass is 362 g/mol. The summed E-state index contributed by atoms with van der Waals surface area (Å²) in [6.07, 6.45) is 8.38. The Hall–Kier alpha value is -1.39. The number of nitrogens with zero attached hydrogens (tertiary/aromatic N) is 1. The van der Waals surface area contributed by atoms with Crippen LogP contribution in [0.15, 0.2) is 29.3 Å². The molecule has 0 aliphatic rings. The minimum absolute atomic E-state index is 0.288. The van der Waals surface area contributed by atoms with Crippen LogP contribution in [0.3, 0.4) is 0 Å². The number of hydrogen-bond acceptors (Lipinski definition) is 4. The van der Waals surface area contributed by atoms with Crippen LogP contribution >= 0.6 is 0 Å². The maximum atomic E-state index is 8.85. The van der Waals surface area contributed by atoms with Gasteiger partial charge in [0.1, 0.15) is 0 Å². The molecule has 0 fully saturated rings. The molecule has 148 valence electrons. The van der Waals surface area contributed by atoms with E-state index in [-0.39, 0.29) is 6.61 Å². The Kier molecular flexibility index (Phi) is 12.8. The molecule has 0 bridgehead atoms. The first-order valence-electron chi connectivity index (χ1n) is 10.3. The van der Waals surface area contributed by atoms with Crippen LogP contribution in [0, 0.1) is 0 Å². The molecule has 1 aromatic rings. The van der Waals surface area contributed by atoms with Crippen molar-refractivity contribution in [2.75, 3.05) is 31.6 Å². The van der Waals surface area contributed by atoms with Crippen LogP contribution in [0.4, 0.5) is 5.69 Å². The zero-order valence-corrected chi connectivity index (χ0v) is 16.7. The summed E-state index contributed by atoms with van der Waals surface area (Å²) >= 11 is 0. The molecule has 0 spiro atoms. The van der Waals surface area contributed by atoms with Crippen LogP contribution in [-0.2, 0) is 0 Å². The van der Waals surface area contributed by atoms with Crippen molar-refractivity contribution in [1.82, 2.24) is 0 Å². The third-order valence-corrected chi connectivity index (χ3v) is 4.57. The number of aliphatic hydroxyl groups excluding tert-OH is 2. The van der Waals surface area contributed by atoms with Crippen LogP contribution in [0.2, 0.25) is 0 Å². The van der Waals surface area contributed by atoms with Gasteiger partial charge in [0.25, 0.3) is 0 Å². The van der Waals surface area contributed by atoms with Gasteiger partial charge in [-0.1, -0.05) is 51.7 Å². The highest BCUT2D eigenvalue weighted by Gasteiger charge is 2.00. The largest absolute Gasteiger partial charge is 0.396 e. The second-order valence-electron chi connectivity index (χ2n) is 7.20. The molecule has 0 radical (unpaired) electrons. The lowest BCUT2D eigenvalue weighted by atomic mass is 10.1. The van der Waals surface area contributed by atoms with Crippen LogP contribution < -0.4 is 10.7 Å². The molecule has 0 amide bonds. The second-order valence-corrected chi connectivity index (χ2v) is 7.20. The van der Waals surface area contributed by atoms with Crippen molar-refractivity contribution in [3.8, 4) is 0 Å². The number of rotatable bonds is 14. The van der Waals surface area contributed by atoms with Crippen LogP contribution in [-0.4, -0.2) is 36.5 Å². The van der Waals surface area contributed by atoms with Crippen molar-refractivity contribution in [1.29, 1.82) is 0 Å². The number of nitrogens with one attached hydrogen (secondary N) is 1. The number of unbranched alkanes of at least 4 members (excludes halogenated alkanes) is 6. The zero-order chi connectivity index (χ0) is 19.0. The van der Waals surface area contributed by atoms with Gasteiger partial charge < -0.3 is 15.5 Å². The van der Waals surface area contributed by atoms with Gasteiger partial charge in [-0.25, -0.2) is 0 Å². The Morgan fingerprint density at radius 1 is 0.808 bits per heavy atom. The Morgan fingerprint density at radius 2 is 1.42 bits per heavy atom. The third kappa shape index (κ3) is 9.93. The molecule has 1 rings (SSSR count). The van der Waals surface area contributed by atoms with E-state index >= 15 is 0 Å². The molecule has 1 aromatic carbocycles. The highest BCUT2D eigenvalue weighted by Crippen LogP contribution is 2.13. The van der Waals surface area contributed by atoms with Gasteiger partial charge in [-0.15, -0.1) is 0 Å². The lowest BCUT2D eigenvalue weighted by Gasteiger charge is -2.05. The van der Waals surface area contributed by atoms with Gasteiger partial charge in [-0.2, -0.15) is 0 Å². The summed E-state index contributed by atoms with van der Waals surface area (Å²) < 4.78 is 0. The molecule has 0 aromatic heterocycles. The predicted molar refractivity (Wildman–Crippen MR) is 111 cm³/mol. The van der Waals surface area contributed by atoms with Gasteiger partial charge >= 0.3 is 0 Å². The van der Waals surface area contributed by atoms with Crippen molar-refractivity contribution in [2.45, 2.75) is 71.1 Å². The molecule has 4 heteroatoms. The first-order valence-corrected chi connectivity index (χ1v) is 10.3.